The molecule has 0 unspecified atom stereocenters. The van der Waals surface area contributed by atoms with Crippen LogP contribution >= 0.6 is 0 Å². The van der Waals surface area contributed by atoms with Crippen LogP contribution in [-0.4, -0.2) is 48.2 Å². The van der Waals surface area contributed by atoms with Crippen molar-refractivity contribution in [3.8, 4) is 5.75 Å². The average Bonchev–Trinajstić information content (AvgIpc) is 3.20. The number of nitrogens with zero attached hydrogens (tertiary/aromatic N) is 3. The van der Waals surface area contributed by atoms with Gasteiger partial charge < -0.3 is 24.6 Å². The molecule has 0 amide bonds. The summed E-state index contributed by atoms with van der Waals surface area (Å²) in [5.41, 5.74) is 1.80. The fourth-order valence-corrected chi connectivity index (χ4v) is 3.67. The number of halogens is 1. The molecule has 0 saturated heterocycles. The van der Waals surface area contributed by atoms with Crippen LogP contribution in [0.4, 0.5) is 4.39 Å². The van der Waals surface area contributed by atoms with Crippen molar-refractivity contribution in [2.24, 2.45) is 0 Å². The summed E-state index contributed by atoms with van der Waals surface area (Å²) >= 11 is 0. The molecule has 1 aromatic carbocycles. The number of rotatable bonds is 4. The Morgan fingerprint density at radius 1 is 1.22 bits per heavy atom. The maximum atomic E-state index is 13.3. The number of aryl methyl sites for hydroxylation is 1. The van der Waals surface area contributed by atoms with E-state index < -0.39 is 30.2 Å². The zero-order valence-corrected chi connectivity index (χ0v) is 14.7. The van der Waals surface area contributed by atoms with Crippen LogP contribution in [0.15, 0.2) is 36.8 Å². The second-order valence-electron chi connectivity index (χ2n) is 6.77. The molecule has 4 atom stereocenters. The summed E-state index contributed by atoms with van der Waals surface area (Å²) in [7, 11) is 0. The van der Waals surface area contributed by atoms with Crippen LogP contribution in [0.1, 0.15) is 23.7 Å². The van der Waals surface area contributed by atoms with E-state index in [1.165, 1.54) is 24.5 Å². The molecule has 2 heterocycles. The minimum Gasteiger partial charge on any atom is -0.487 e. The normalized spacial score (nSPS) is 25.2. The van der Waals surface area contributed by atoms with Gasteiger partial charge in [0.15, 0.2) is 0 Å². The zero-order chi connectivity index (χ0) is 19.1. The molecular weight excluding hydrogens is 353 g/mol. The first-order valence-electron chi connectivity index (χ1n) is 8.70. The number of aromatic nitrogens is 3. The minimum atomic E-state index is -1.13. The minimum absolute atomic E-state index is 0.284. The summed E-state index contributed by atoms with van der Waals surface area (Å²) in [6, 6.07) is 5.26. The van der Waals surface area contributed by atoms with Crippen molar-refractivity contribution < 1.29 is 24.4 Å². The van der Waals surface area contributed by atoms with Gasteiger partial charge >= 0.3 is 0 Å². The number of aliphatic hydroxyl groups excluding tert-OH is 3. The lowest BCUT2D eigenvalue weighted by Gasteiger charge is -2.20. The maximum absolute atomic E-state index is 13.3. The van der Waals surface area contributed by atoms with Crippen molar-refractivity contribution in [2.75, 3.05) is 0 Å². The molecule has 8 heteroatoms. The van der Waals surface area contributed by atoms with Crippen LogP contribution in [0.2, 0.25) is 0 Å². The molecule has 1 aliphatic carbocycles. The summed E-state index contributed by atoms with van der Waals surface area (Å²) in [5.74, 6) is -0.198. The Morgan fingerprint density at radius 2 is 2.04 bits per heavy atom. The Labute approximate surface area is 154 Å². The predicted molar refractivity (Wildman–Crippen MR) is 94.7 cm³/mol. The van der Waals surface area contributed by atoms with E-state index in [-0.39, 0.29) is 17.9 Å². The molecule has 4 rings (SSSR count). The molecule has 0 spiro atoms. The van der Waals surface area contributed by atoms with Gasteiger partial charge in [0, 0.05) is 23.6 Å². The Balaban J connectivity index is 1.62. The van der Waals surface area contributed by atoms with Crippen molar-refractivity contribution in [1.82, 2.24) is 14.5 Å². The first kappa shape index (κ1) is 17.8. The van der Waals surface area contributed by atoms with Gasteiger partial charge in [-0.05, 0) is 31.2 Å². The average molecular weight is 373 g/mol. The van der Waals surface area contributed by atoms with Gasteiger partial charge in [-0.15, -0.1) is 0 Å². The van der Waals surface area contributed by atoms with Gasteiger partial charge in [-0.25, -0.2) is 14.4 Å². The van der Waals surface area contributed by atoms with Crippen LogP contribution in [-0.2, 0) is 6.61 Å². The van der Waals surface area contributed by atoms with E-state index in [4.69, 9.17) is 4.74 Å². The van der Waals surface area contributed by atoms with Crippen molar-refractivity contribution in [2.45, 2.75) is 44.3 Å². The summed E-state index contributed by atoms with van der Waals surface area (Å²) in [6.07, 6.45) is 0.711. The molecule has 3 N–H and O–H groups in total. The van der Waals surface area contributed by atoms with Crippen LogP contribution in [0, 0.1) is 12.7 Å². The summed E-state index contributed by atoms with van der Waals surface area (Å²) in [6.45, 7) is 1.49. The second-order valence-corrected chi connectivity index (χ2v) is 6.77. The highest BCUT2D eigenvalue weighted by Crippen LogP contribution is 2.36. The third-order valence-corrected chi connectivity index (χ3v) is 5.14. The maximum Gasteiger partial charge on any atom is 0.143 e. The zero-order valence-electron chi connectivity index (χ0n) is 14.7. The number of hydrogen-bond acceptors (Lipinski definition) is 6. The van der Waals surface area contributed by atoms with Gasteiger partial charge in [0.25, 0.3) is 0 Å². The number of ether oxygens (including phenoxy) is 1. The van der Waals surface area contributed by atoms with Crippen molar-refractivity contribution >= 4 is 11.0 Å². The van der Waals surface area contributed by atoms with Gasteiger partial charge in [-0.1, -0.05) is 0 Å². The Bertz CT molecular complexity index is 977. The molecular formula is C19H20FN3O4. The lowest BCUT2D eigenvalue weighted by atomic mass is 10.2. The van der Waals surface area contributed by atoms with Gasteiger partial charge in [-0.2, -0.15) is 0 Å². The fourth-order valence-electron chi connectivity index (χ4n) is 3.67. The first-order chi connectivity index (χ1) is 13.0. The largest absolute Gasteiger partial charge is 0.487 e. The lowest BCUT2D eigenvalue weighted by Crippen LogP contribution is -2.34. The molecule has 1 aliphatic rings. The number of hydrogen-bond donors (Lipinski definition) is 3. The van der Waals surface area contributed by atoms with Crippen LogP contribution < -0.4 is 4.74 Å². The number of benzene rings is 1. The molecule has 2 aromatic heterocycles. The van der Waals surface area contributed by atoms with E-state index in [1.54, 1.807) is 0 Å². The van der Waals surface area contributed by atoms with Gasteiger partial charge in [-0.3, -0.25) is 0 Å². The van der Waals surface area contributed by atoms with Crippen molar-refractivity contribution in [1.29, 1.82) is 0 Å². The highest BCUT2D eigenvalue weighted by molar-refractivity contribution is 5.78. The van der Waals surface area contributed by atoms with E-state index >= 15 is 0 Å². The topological polar surface area (TPSA) is 101 Å². The molecule has 0 aliphatic heterocycles. The third-order valence-electron chi connectivity index (χ3n) is 5.14. The monoisotopic (exact) mass is 373 g/mol. The summed E-state index contributed by atoms with van der Waals surface area (Å²) in [5, 5.41) is 31.3. The standard InChI is InChI=1S/C19H20FN3O4/c1-10-13-4-5-23(19(13)22-9-21-10)14-7-16(18(26)17(14)25)27-15-3-2-12(20)6-11(15)8-24/h2-6,9,14,16-18,24-26H,7-8H2,1H3/t14-,16+,17+,18-/m1/s1. The molecule has 27 heavy (non-hydrogen) atoms. The molecule has 7 nitrogen and oxygen atoms in total. The van der Waals surface area contributed by atoms with Gasteiger partial charge in [0.2, 0.25) is 0 Å². The molecule has 0 radical (unpaired) electrons. The van der Waals surface area contributed by atoms with E-state index in [1.807, 2.05) is 23.8 Å². The smallest absolute Gasteiger partial charge is 0.143 e. The molecule has 0 bridgehead atoms. The summed E-state index contributed by atoms with van der Waals surface area (Å²) in [4.78, 5) is 8.46. The molecule has 1 saturated carbocycles. The predicted octanol–water partition coefficient (Wildman–Crippen LogP) is 1.49. The molecule has 3 aromatic rings. The van der Waals surface area contributed by atoms with Crippen molar-refractivity contribution in [3.05, 3.63) is 53.9 Å². The van der Waals surface area contributed by atoms with E-state index in [0.717, 1.165) is 11.1 Å². The van der Waals surface area contributed by atoms with Gasteiger partial charge in [0.05, 0.1) is 18.3 Å². The highest BCUT2D eigenvalue weighted by atomic mass is 19.1. The number of fused-ring (bicyclic) bond motifs is 1. The Kier molecular flexibility index (Phi) is 4.55. The molecule has 142 valence electrons. The van der Waals surface area contributed by atoms with Crippen LogP contribution in [0.3, 0.4) is 0 Å². The third kappa shape index (κ3) is 3.05. The SMILES string of the molecule is Cc1ncnc2c1ccn2[C@@H]1C[C@H](Oc2ccc(F)cc2CO)[C@@H](O)[C@H]1O. The quantitative estimate of drug-likeness (QED) is 0.641. The van der Waals surface area contributed by atoms with Crippen LogP contribution in [0.25, 0.3) is 11.0 Å². The van der Waals surface area contributed by atoms with Crippen LogP contribution in [0.5, 0.6) is 5.75 Å². The molecule has 1 fully saturated rings. The fraction of sp³-hybridized carbons (Fsp3) is 0.368. The Morgan fingerprint density at radius 3 is 2.81 bits per heavy atom. The number of aliphatic hydroxyl groups is 3. The van der Waals surface area contributed by atoms with E-state index in [9.17, 15) is 19.7 Å². The Hall–Kier alpha value is -2.55. The van der Waals surface area contributed by atoms with Crippen molar-refractivity contribution in [3.63, 3.8) is 0 Å². The van der Waals surface area contributed by atoms with Gasteiger partial charge in [0.1, 0.15) is 41.9 Å². The van der Waals surface area contributed by atoms with E-state index in [2.05, 4.69) is 9.97 Å². The first-order valence-corrected chi connectivity index (χ1v) is 8.70. The lowest BCUT2D eigenvalue weighted by molar-refractivity contribution is -0.0168. The van der Waals surface area contributed by atoms with E-state index in [0.29, 0.717) is 12.1 Å². The second kappa shape index (κ2) is 6.88. The summed E-state index contributed by atoms with van der Waals surface area (Å²) < 4.78 is 21.0. The highest BCUT2D eigenvalue weighted by Gasteiger charge is 2.44.